The number of benzene rings is 2. The molecule has 6 nitrogen and oxygen atoms in total. The molecule has 0 unspecified atom stereocenters. The molecule has 2 heterocycles. The van der Waals surface area contributed by atoms with Crippen molar-refractivity contribution in [3.05, 3.63) is 88.9 Å². The Hall–Kier alpha value is -3.67. The number of amides is 2. The average Bonchev–Trinajstić information content (AvgIpc) is 3.27. The quantitative estimate of drug-likeness (QED) is 0.616. The molecule has 0 aliphatic carbocycles. The van der Waals surface area contributed by atoms with Gasteiger partial charge in [0.05, 0.1) is 18.5 Å². The Morgan fingerprint density at radius 1 is 1.00 bits per heavy atom. The van der Waals surface area contributed by atoms with E-state index in [0.717, 1.165) is 11.3 Å². The van der Waals surface area contributed by atoms with E-state index in [9.17, 15) is 14.4 Å². The number of hydrogen-bond acceptors (Lipinski definition) is 4. The number of carbonyl (C=O) groups excluding carboxylic acids is 3. The summed E-state index contributed by atoms with van der Waals surface area (Å²) in [7, 11) is 0. The number of carbonyl (C=O) groups is 3. The summed E-state index contributed by atoms with van der Waals surface area (Å²) in [5.41, 5.74) is 1.60. The maximum absolute atomic E-state index is 13.1. The summed E-state index contributed by atoms with van der Waals surface area (Å²) in [6, 6.07) is 17.7. The lowest BCUT2D eigenvalue weighted by atomic mass is 9.86. The third-order valence-electron chi connectivity index (χ3n) is 5.62. The highest BCUT2D eigenvalue weighted by Gasteiger charge is 2.44. The molecule has 0 saturated heterocycles. The van der Waals surface area contributed by atoms with Crippen molar-refractivity contribution in [2.45, 2.75) is 32.7 Å². The first-order valence-electron chi connectivity index (χ1n) is 10.2. The van der Waals surface area contributed by atoms with Crippen molar-refractivity contribution in [3.8, 4) is 0 Å². The van der Waals surface area contributed by atoms with Crippen LogP contribution in [-0.2, 0) is 16.8 Å². The summed E-state index contributed by atoms with van der Waals surface area (Å²) in [5, 5.41) is 2.83. The molecule has 6 heteroatoms. The van der Waals surface area contributed by atoms with Gasteiger partial charge in [0.25, 0.3) is 5.91 Å². The van der Waals surface area contributed by atoms with Crippen LogP contribution >= 0.6 is 0 Å². The highest BCUT2D eigenvalue weighted by atomic mass is 16.3. The molecule has 158 valence electrons. The van der Waals surface area contributed by atoms with E-state index in [-0.39, 0.29) is 30.7 Å². The zero-order valence-corrected chi connectivity index (χ0v) is 17.8. The fraction of sp³-hybridized carbons (Fsp3) is 0.240. The molecule has 0 saturated carbocycles. The lowest BCUT2D eigenvalue weighted by molar-refractivity contribution is -0.122. The van der Waals surface area contributed by atoms with Crippen molar-refractivity contribution in [1.82, 2.24) is 5.32 Å². The van der Waals surface area contributed by atoms with Crippen molar-refractivity contribution in [1.29, 1.82) is 0 Å². The fourth-order valence-electron chi connectivity index (χ4n) is 3.85. The molecule has 2 aromatic carbocycles. The number of fused-ring (bicyclic) bond motifs is 1. The van der Waals surface area contributed by atoms with E-state index in [1.807, 2.05) is 39.0 Å². The first-order chi connectivity index (χ1) is 14.8. The summed E-state index contributed by atoms with van der Waals surface area (Å²) in [6.45, 7) is 5.70. The molecule has 3 aromatic rings. The largest absolute Gasteiger partial charge is 0.465 e. The van der Waals surface area contributed by atoms with E-state index in [1.54, 1.807) is 42.5 Å². The second-order valence-electron chi connectivity index (χ2n) is 8.23. The van der Waals surface area contributed by atoms with Gasteiger partial charge in [-0.05, 0) is 50.6 Å². The summed E-state index contributed by atoms with van der Waals surface area (Å²) in [6.07, 6.45) is 0. The Kier molecular flexibility index (Phi) is 5.23. The molecule has 1 aliphatic rings. The fourth-order valence-corrected chi connectivity index (χ4v) is 3.85. The van der Waals surface area contributed by atoms with Gasteiger partial charge in [-0.2, -0.15) is 0 Å². The number of furan rings is 1. The molecule has 2 amide bonds. The number of aryl methyl sites for hydroxylation is 1. The maximum Gasteiger partial charge on any atom is 0.251 e. The molecule has 1 aromatic heterocycles. The third-order valence-corrected chi connectivity index (χ3v) is 5.62. The highest BCUT2D eigenvalue weighted by molar-refractivity contribution is 6.13. The third kappa shape index (κ3) is 3.89. The van der Waals surface area contributed by atoms with E-state index in [1.165, 1.54) is 4.90 Å². The van der Waals surface area contributed by atoms with Crippen LogP contribution in [0.15, 0.2) is 65.1 Å². The van der Waals surface area contributed by atoms with Crippen molar-refractivity contribution in [2.75, 3.05) is 11.4 Å². The predicted molar refractivity (Wildman–Crippen MR) is 117 cm³/mol. The number of nitrogens with zero attached hydrogens (tertiary/aromatic N) is 1. The van der Waals surface area contributed by atoms with Crippen LogP contribution in [0.4, 0.5) is 5.69 Å². The minimum absolute atomic E-state index is 0.0734. The van der Waals surface area contributed by atoms with Crippen LogP contribution in [0.2, 0.25) is 0 Å². The standard InChI is InChI=1S/C25H24N2O4/c1-16-9-11-19(31-16)14-26-23(29)18-10-12-20-21(13-18)27(24(30)25(20,2)3)15-22(28)17-7-5-4-6-8-17/h4-13H,14-15H2,1-3H3,(H,26,29). The number of anilines is 1. The summed E-state index contributed by atoms with van der Waals surface area (Å²) < 4.78 is 5.48. The van der Waals surface area contributed by atoms with Crippen LogP contribution < -0.4 is 10.2 Å². The van der Waals surface area contributed by atoms with Gasteiger partial charge >= 0.3 is 0 Å². The van der Waals surface area contributed by atoms with Gasteiger partial charge in [0.2, 0.25) is 5.91 Å². The Balaban J connectivity index is 1.58. The van der Waals surface area contributed by atoms with Gasteiger partial charge in [0, 0.05) is 16.8 Å². The lowest BCUT2D eigenvalue weighted by Crippen LogP contribution is -2.39. The molecule has 0 atom stereocenters. The Morgan fingerprint density at radius 2 is 1.74 bits per heavy atom. The second-order valence-corrected chi connectivity index (χ2v) is 8.23. The molecule has 1 aliphatic heterocycles. The van der Waals surface area contributed by atoms with Crippen molar-refractivity contribution < 1.29 is 18.8 Å². The van der Waals surface area contributed by atoms with E-state index in [2.05, 4.69) is 5.32 Å². The van der Waals surface area contributed by atoms with Gasteiger partial charge in [-0.25, -0.2) is 0 Å². The first-order valence-corrected chi connectivity index (χ1v) is 10.2. The SMILES string of the molecule is Cc1ccc(CNC(=O)c2ccc3c(c2)N(CC(=O)c2ccccc2)C(=O)C3(C)C)o1. The molecule has 0 fully saturated rings. The Bertz CT molecular complexity index is 1160. The van der Waals surface area contributed by atoms with Crippen LogP contribution in [0.3, 0.4) is 0 Å². The smallest absolute Gasteiger partial charge is 0.251 e. The van der Waals surface area contributed by atoms with Crippen molar-refractivity contribution in [2.24, 2.45) is 0 Å². The van der Waals surface area contributed by atoms with E-state index in [0.29, 0.717) is 22.6 Å². The van der Waals surface area contributed by atoms with E-state index in [4.69, 9.17) is 4.42 Å². The molecule has 0 radical (unpaired) electrons. The van der Waals surface area contributed by atoms with Crippen LogP contribution in [-0.4, -0.2) is 24.1 Å². The molecule has 1 N–H and O–H groups in total. The highest BCUT2D eigenvalue weighted by Crippen LogP contribution is 2.42. The maximum atomic E-state index is 13.1. The average molecular weight is 416 g/mol. The number of rotatable bonds is 6. The first kappa shape index (κ1) is 20.6. The summed E-state index contributed by atoms with van der Waals surface area (Å²) in [4.78, 5) is 40.0. The van der Waals surface area contributed by atoms with Gasteiger partial charge < -0.3 is 14.6 Å². The normalized spacial score (nSPS) is 14.4. The van der Waals surface area contributed by atoms with E-state index < -0.39 is 5.41 Å². The molecule has 0 bridgehead atoms. The van der Waals surface area contributed by atoms with Gasteiger partial charge in [0.15, 0.2) is 5.78 Å². The monoisotopic (exact) mass is 416 g/mol. The zero-order chi connectivity index (χ0) is 22.2. The van der Waals surface area contributed by atoms with Crippen LogP contribution in [0.5, 0.6) is 0 Å². The minimum atomic E-state index is -0.771. The van der Waals surface area contributed by atoms with Gasteiger partial charge in [-0.1, -0.05) is 36.4 Å². The summed E-state index contributed by atoms with van der Waals surface area (Å²) in [5.74, 6) is 0.860. The van der Waals surface area contributed by atoms with Crippen molar-refractivity contribution in [3.63, 3.8) is 0 Å². The molecule has 31 heavy (non-hydrogen) atoms. The molecule has 4 rings (SSSR count). The molecule has 0 spiro atoms. The van der Waals surface area contributed by atoms with Gasteiger partial charge in [-0.15, -0.1) is 0 Å². The number of Topliss-reactive ketones (excluding diaryl/α,β-unsaturated/α-hetero) is 1. The lowest BCUT2D eigenvalue weighted by Gasteiger charge is -2.19. The summed E-state index contributed by atoms with van der Waals surface area (Å²) >= 11 is 0. The number of ketones is 1. The topological polar surface area (TPSA) is 79.6 Å². The minimum Gasteiger partial charge on any atom is -0.465 e. The van der Waals surface area contributed by atoms with E-state index >= 15 is 0 Å². The van der Waals surface area contributed by atoms with Crippen molar-refractivity contribution >= 4 is 23.3 Å². The van der Waals surface area contributed by atoms with Crippen LogP contribution in [0, 0.1) is 6.92 Å². The van der Waals surface area contributed by atoms with Gasteiger partial charge in [0.1, 0.15) is 11.5 Å². The molecular weight excluding hydrogens is 392 g/mol. The predicted octanol–water partition coefficient (Wildman–Crippen LogP) is 4.03. The second kappa shape index (κ2) is 7.87. The number of hydrogen-bond donors (Lipinski definition) is 1. The van der Waals surface area contributed by atoms with Crippen LogP contribution in [0.1, 0.15) is 51.6 Å². The van der Waals surface area contributed by atoms with Crippen LogP contribution in [0.25, 0.3) is 0 Å². The Morgan fingerprint density at radius 3 is 2.42 bits per heavy atom. The number of nitrogens with one attached hydrogen (secondary N) is 1. The Labute approximate surface area is 180 Å². The molecular formula is C25H24N2O4. The van der Waals surface area contributed by atoms with Gasteiger partial charge in [-0.3, -0.25) is 14.4 Å². The zero-order valence-electron chi connectivity index (χ0n) is 17.8.